The molecule has 0 saturated carbocycles. The second-order valence-corrected chi connectivity index (χ2v) is 2.81. The smallest absolute Gasteiger partial charge is 0.198 e. The summed E-state index contributed by atoms with van der Waals surface area (Å²) in [7, 11) is -0.276. The summed E-state index contributed by atoms with van der Waals surface area (Å²) in [6.45, 7) is 0. The number of nitrogens with zero attached hydrogens (tertiary/aromatic N) is 1. The third-order valence-corrected chi connectivity index (χ3v) is 1.80. The summed E-state index contributed by atoms with van der Waals surface area (Å²) in [4.78, 5) is 3.09. The Kier molecular flexibility index (Phi) is 2.15. The first-order valence-corrected chi connectivity index (χ1v) is 3.75. The molecule has 9 heavy (non-hydrogen) atoms. The van der Waals surface area contributed by atoms with Crippen molar-refractivity contribution in [2.45, 2.75) is 0 Å². The lowest BCUT2D eigenvalue weighted by Crippen LogP contribution is -2.03. The van der Waals surface area contributed by atoms with Gasteiger partial charge in [0, 0.05) is 0 Å². The van der Waals surface area contributed by atoms with Gasteiger partial charge < -0.3 is 5.21 Å². The predicted molar refractivity (Wildman–Crippen MR) is 37.4 cm³/mol. The summed E-state index contributed by atoms with van der Waals surface area (Å²) in [5.74, 6) is 0. The van der Waals surface area contributed by atoms with E-state index in [1.54, 1.807) is 0 Å². The number of benzene rings is 1. The molecule has 0 radical (unpaired) electrons. The van der Waals surface area contributed by atoms with E-state index in [0.29, 0.717) is 0 Å². The van der Waals surface area contributed by atoms with E-state index in [1.807, 2.05) is 30.3 Å². The molecule has 0 atom stereocenters. The van der Waals surface area contributed by atoms with Crippen molar-refractivity contribution in [1.29, 1.82) is 0 Å². The molecule has 0 saturated heterocycles. The van der Waals surface area contributed by atoms with Crippen LogP contribution in [-0.4, -0.2) is 14.5 Å². The van der Waals surface area contributed by atoms with Crippen molar-refractivity contribution in [1.82, 2.24) is 0 Å². The average Bonchev–Trinajstić information content (AvgIpc) is 1.91. The first kappa shape index (κ1) is 6.16. The van der Waals surface area contributed by atoms with Crippen LogP contribution in [-0.2, 0) is 0 Å². The van der Waals surface area contributed by atoms with Crippen molar-refractivity contribution in [3.8, 4) is 0 Å². The first-order chi connectivity index (χ1) is 4.43. The molecule has 0 bridgehead atoms. The van der Waals surface area contributed by atoms with Gasteiger partial charge >= 0.3 is 0 Å². The van der Waals surface area contributed by atoms with Gasteiger partial charge in [0.2, 0.25) is 0 Å². The Bertz CT molecular complexity index is 197. The highest BCUT2D eigenvalue weighted by atomic mass is 28.2. The third kappa shape index (κ3) is 1.77. The molecule has 2 nitrogen and oxygen atoms in total. The summed E-state index contributed by atoms with van der Waals surface area (Å²) in [5, 5.41) is 9.29. The van der Waals surface area contributed by atoms with Crippen LogP contribution in [0.15, 0.2) is 35.1 Å². The molecule has 0 aliphatic heterocycles. The second kappa shape index (κ2) is 3.14. The molecule has 0 fully saturated rings. The van der Waals surface area contributed by atoms with Crippen LogP contribution < -0.4 is 5.19 Å². The van der Waals surface area contributed by atoms with Crippen LogP contribution in [0.4, 0.5) is 0 Å². The molecular weight excluding hydrogens is 130 g/mol. The fraction of sp³-hybridized carbons (Fsp3) is 0. The number of rotatable bonds is 1. The van der Waals surface area contributed by atoms with Gasteiger partial charge in [-0.25, -0.2) is 0 Å². The van der Waals surface area contributed by atoms with Gasteiger partial charge in [0.05, 0.1) is 0 Å². The third-order valence-electron chi connectivity index (χ3n) is 1.01. The van der Waals surface area contributed by atoms with Gasteiger partial charge in [-0.05, 0) is 5.19 Å². The van der Waals surface area contributed by atoms with Crippen LogP contribution in [0.5, 0.6) is 0 Å². The summed E-state index contributed by atoms with van der Waals surface area (Å²) in [6.07, 6.45) is 0. The number of hydrogen-bond donors (Lipinski definition) is 1. The van der Waals surface area contributed by atoms with Gasteiger partial charge in [0.1, 0.15) is 0 Å². The SMILES string of the molecule is ON=[SiH]c1ccccc1. The van der Waals surface area contributed by atoms with E-state index in [2.05, 4.69) is 4.80 Å². The standard InChI is InChI=1S/C6H7NOSi/c8-7-9-6-4-2-1-3-5-6/h1-5,8-9H. The normalized spacial score (nSPS) is 10.2. The van der Waals surface area contributed by atoms with Gasteiger partial charge in [0.25, 0.3) is 0 Å². The summed E-state index contributed by atoms with van der Waals surface area (Å²) >= 11 is 0. The predicted octanol–water partition coefficient (Wildman–Crippen LogP) is 0.321. The fourth-order valence-electron chi connectivity index (χ4n) is 0.606. The maximum absolute atomic E-state index is 8.18. The summed E-state index contributed by atoms with van der Waals surface area (Å²) in [5.41, 5.74) is 0. The highest BCUT2D eigenvalue weighted by Crippen LogP contribution is 1.78. The second-order valence-electron chi connectivity index (χ2n) is 1.66. The van der Waals surface area contributed by atoms with Gasteiger partial charge in [-0.2, -0.15) is 4.80 Å². The van der Waals surface area contributed by atoms with Crippen LogP contribution in [0, 0.1) is 0 Å². The molecule has 0 amide bonds. The minimum absolute atomic E-state index is 0.276. The van der Waals surface area contributed by atoms with Gasteiger partial charge in [-0.3, -0.25) is 0 Å². The van der Waals surface area contributed by atoms with Gasteiger partial charge in [0.15, 0.2) is 9.31 Å². The first-order valence-electron chi connectivity index (χ1n) is 2.66. The zero-order chi connectivity index (χ0) is 6.53. The highest BCUT2D eigenvalue weighted by molar-refractivity contribution is 6.41. The molecule has 46 valence electrons. The molecule has 0 heterocycles. The minimum atomic E-state index is -0.276. The van der Waals surface area contributed by atoms with Crippen molar-refractivity contribution >= 4 is 14.5 Å². The average molecular weight is 137 g/mol. The van der Waals surface area contributed by atoms with Crippen molar-refractivity contribution in [2.24, 2.45) is 4.80 Å². The Morgan fingerprint density at radius 1 is 1.22 bits per heavy atom. The Hall–Kier alpha value is -0.963. The van der Waals surface area contributed by atoms with Gasteiger partial charge in [-0.1, -0.05) is 30.3 Å². The summed E-state index contributed by atoms with van der Waals surface area (Å²) < 4.78 is 0. The van der Waals surface area contributed by atoms with E-state index >= 15 is 0 Å². The summed E-state index contributed by atoms with van der Waals surface area (Å²) in [6, 6.07) is 9.73. The van der Waals surface area contributed by atoms with Crippen LogP contribution in [0.25, 0.3) is 0 Å². The maximum Gasteiger partial charge on any atom is 0.198 e. The molecule has 0 spiro atoms. The van der Waals surface area contributed by atoms with Crippen molar-refractivity contribution in [2.75, 3.05) is 0 Å². The maximum atomic E-state index is 8.18. The van der Waals surface area contributed by atoms with E-state index in [9.17, 15) is 0 Å². The molecule has 1 N–H and O–H groups in total. The van der Waals surface area contributed by atoms with Crippen LogP contribution in [0.3, 0.4) is 0 Å². The Balaban J connectivity index is 2.85. The Morgan fingerprint density at radius 2 is 1.89 bits per heavy atom. The molecule has 1 rings (SSSR count). The topological polar surface area (TPSA) is 32.6 Å². The molecule has 0 aliphatic rings. The van der Waals surface area contributed by atoms with Crippen LogP contribution in [0.1, 0.15) is 0 Å². The van der Waals surface area contributed by atoms with E-state index in [0.717, 1.165) is 5.19 Å². The van der Waals surface area contributed by atoms with Gasteiger partial charge in [-0.15, -0.1) is 0 Å². The van der Waals surface area contributed by atoms with Crippen molar-refractivity contribution in [3.63, 3.8) is 0 Å². The zero-order valence-corrected chi connectivity index (χ0v) is 6.01. The van der Waals surface area contributed by atoms with Crippen molar-refractivity contribution in [3.05, 3.63) is 30.3 Å². The molecule has 1 aromatic carbocycles. The lowest BCUT2D eigenvalue weighted by atomic mass is 10.4. The Morgan fingerprint density at radius 3 is 2.44 bits per heavy atom. The van der Waals surface area contributed by atoms with E-state index in [4.69, 9.17) is 5.21 Å². The van der Waals surface area contributed by atoms with Crippen LogP contribution in [0.2, 0.25) is 0 Å². The minimum Gasteiger partial charge on any atom is -0.421 e. The molecule has 1 aromatic rings. The van der Waals surface area contributed by atoms with E-state index in [-0.39, 0.29) is 9.31 Å². The quantitative estimate of drug-likeness (QED) is 0.439. The monoisotopic (exact) mass is 137 g/mol. The molecular formula is C6H7NOSi. The van der Waals surface area contributed by atoms with Crippen molar-refractivity contribution < 1.29 is 5.21 Å². The molecule has 0 aliphatic carbocycles. The lowest BCUT2D eigenvalue weighted by molar-refractivity contribution is 0.325. The van der Waals surface area contributed by atoms with Crippen LogP contribution >= 0.6 is 0 Å². The largest absolute Gasteiger partial charge is 0.421 e. The van der Waals surface area contributed by atoms with E-state index in [1.165, 1.54) is 0 Å². The zero-order valence-electron chi connectivity index (χ0n) is 4.86. The Labute approximate surface area is 55.7 Å². The lowest BCUT2D eigenvalue weighted by Gasteiger charge is -1.84. The molecule has 3 heteroatoms. The fourth-order valence-corrected chi connectivity index (χ4v) is 1.13. The molecule has 0 aromatic heterocycles. The molecule has 0 unspecified atom stereocenters. The van der Waals surface area contributed by atoms with E-state index < -0.39 is 0 Å². The number of hydrogen-bond acceptors (Lipinski definition) is 2. The highest BCUT2D eigenvalue weighted by Gasteiger charge is 1.81.